The van der Waals surface area contributed by atoms with Crippen molar-refractivity contribution in [2.75, 3.05) is 4.90 Å². The van der Waals surface area contributed by atoms with E-state index in [4.69, 9.17) is 17.2 Å². The van der Waals surface area contributed by atoms with Crippen LogP contribution in [0.4, 0.5) is 5.69 Å². The monoisotopic (exact) mass is 545 g/mol. The van der Waals surface area contributed by atoms with E-state index in [1.165, 1.54) is 4.70 Å². The highest BCUT2D eigenvalue weighted by Crippen LogP contribution is 2.43. The number of fused-ring (bicyclic) bond motifs is 1. The average molecular weight is 547 g/mol. The van der Waals surface area contributed by atoms with Crippen LogP contribution < -0.4 is 10.2 Å². The van der Waals surface area contributed by atoms with E-state index in [0.717, 1.165) is 37.8 Å². The Hall–Kier alpha value is -3.07. The van der Waals surface area contributed by atoms with Gasteiger partial charge in [0.25, 0.3) is 0 Å². The molecule has 34 heavy (non-hydrogen) atoms. The number of benzene rings is 2. The Morgan fingerprint density at radius 1 is 1.03 bits per heavy atom. The summed E-state index contributed by atoms with van der Waals surface area (Å²) in [6, 6.07) is 24.6. The first kappa shape index (κ1) is 21.5. The lowest BCUT2D eigenvalue weighted by Crippen LogP contribution is -2.30. The van der Waals surface area contributed by atoms with Gasteiger partial charge in [-0.25, -0.2) is 4.98 Å². The number of thiazole rings is 1. The molecule has 168 valence electrons. The first-order chi connectivity index (χ1) is 16.6. The van der Waals surface area contributed by atoms with Crippen LogP contribution in [0.2, 0.25) is 0 Å². The predicted octanol–water partition coefficient (Wildman–Crippen LogP) is 6.73. The van der Waals surface area contributed by atoms with Crippen molar-refractivity contribution in [1.29, 1.82) is 0 Å². The van der Waals surface area contributed by atoms with Crippen molar-refractivity contribution in [1.82, 2.24) is 19.9 Å². The highest BCUT2D eigenvalue weighted by molar-refractivity contribution is 9.10. The average Bonchev–Trinajstić information content (AvgIpc) is 3.57. The second-order valence-corrected chi connectivity index (χ2v) is 10.4. The van der Waals surface area contributed by atoms with Gasteiger partial charge in [-0.2, -0.15) is 0 Å². The van der Waals surface area contributed by atoms with E-state index in [1.54, 1.807) is 11.3 Å². The Morgan fingerprint density at radius 3 is 2.68 bits per heavy atom. The van der Waals surface area contributed by atoms with Crippen molar-refractivity contribution in [3.05, 3.63) is 107 Å². The summed E-state index contributed by atoms with van der Waals surface area (Å²) < 4.78 is 4.42. The van der Waals surface area contributed by atoms with Crippen LogP contribution in [0.15, 0.2) is 89.7 Å². The largest absolute Gasteiger partial charge is 0.351 e. The molecule has 0 spiro atoms. The molecular weight excluding hydrogens is 526 g/mol. The molecule has 3 aromatic heterocycles. The molecule has 1 aliphatic rings. The molecule has 0 radical (unpaired) electrons. The van der Waals surface area contributed by atoms with Gasteiger partial charge in [0.1, 0.15) is 6.04 Å². The van der Waals surface area contributed by atoms with Crippen LogP contribution in [0.1, 0.15) is 29.0 Å². The summed E-state index contributed by atoms with van der Waals surface area (Å²) in [6.07, 6.45) is 3.91. The van der Waals surface area contributed by atoms with Crippen molar-refractivity contribution < 1.29 is 0 Å². The molecule has 2 atom stereocenters. The second kappa shape index (κ2) is 8.61. The number of hydrogen-bond donors (Lipinski definition) is 1. The zero-order valence-electron chi connectivity index (χ0n) is 18.2. The third-order valence-electron chi connectivity index (χ3n) is 6.09. The Morgan fingerprint density at radius 2 is 1.88 bits per heavy atom. The number of nitrogens with one attached hydrogen (secondary N) is 1. The van der Waals surface area contributed by atoms with Crippen molar-refractivity contribution in [3.63, 3.8) is 0 Å². The number of aromatic nitrogens is 3. The Balaban J connectivity index is 1.52. The van der Waals surface area contributed by atoms with E-state index >= 15 is 0 Å². The minimum Gasteiger partial charge on any atom is -0.351 e. The van der Waals surface area contributed by atoms with E-state index in [9.17, 15) is 0 Å². The highest BCUT2D eigenvalue weighted by Gasteiger charge is 2.42. The Bertz CT molecular complexity index is 1480. The highest BCUT2D eigenvalue weighted by atomic mass is 79.9. The standard InChI is InChI=1S/C26H20BrN5S2/c1-16-15-17(11-12-18(16)27)32-24(23(30-25(32)33)20-8-4-5-13-28-20)21-9-6-14-31(21)26-29-19-7-2-3-10-22(19)34-26/h2-15,23-24H,1H3,(H,30,33)/t23-,24+/m1/s1. The summed E-state index contributed by atoms with van der Waals surface area (Å²) in [5.41, 5.74) is 5.25. The Kier molecular flexibility index (Phi) is 5.44. The van der Waals surface area contributed by atoms with Gasteiger partial charge in [0, 0.05) is 22.6 Å². The number of nitrogens with zero attached hydrogens (tertiary/aromatic N) is 4. The molecule has 0 saturated carbocycles. The van der Waals surface area contributed by atoms with Gasteiger partial charge in [0.15, 0.2) is 10.2 Å². The number of halogens is 1. The quantitative estimate of drug-likeness (QED) is 0.253. The number of rotatable bonds is 4. The minimum atomic E-state index is -0.110. The van der Waals surface area contributed by atoms with Gasteiger partial charge in [-0.3, -0.25) is 9.55 Å². The molecule has 4 heterocycles. The van der Waals surface area contributed by atoms with Crippen LogP contribution in [-0.2, 0) is 0 Å². The summed E-state index contributed by atoms with van der Waals surface area (Å²) in [7, 11) is 0. The molecule has 0 unspecified atom stereocenters. The van der Waals surface area contributed by atoms with Crippen LogP contribution in [0.3, 0.4) is 0 Å². The molecule has 5 nitrogen and oxygen atoms in total. The van der Waals surface area contributed by atoms with E-state index in [2.05, 4.69) is 103 Å². The number of anilines is 1. The van der Waals surface area contributed by atoms with Gasteiger partial charge in [-0.05, 0) is 79.3 Å². The normalized spacial score (nSPS) is 17.9. The van der Waals surface area contributed by atoms with Gasteiger partial charge in [0.05, 0.1) is 27.6 Å². The van der Waals surface area contributed by atoms with E-state index in [0.29, 0.717) is 5.11 Å². The molecule has 6 rings (SSSR count). The summed E-state index contributed by atoms with van der Waals surface area (Å²) in [5, 5.41) is 5.17. The van der Waals surface area contributed by atoms with Gasteiger partial charge in [-0.15, -0.1) is 0 Å². The maximum atomic E-state index is 5.89. The van der Waals surface area contributed by atoms with E-state index < -0.39 is 0 Å². The van der Waals surface area contributed by atoms with Crippen LogP contribution in [-0.4, -0.2) is 19.6 Å². The lowest BCUT2D eigenvalue weighted by Gasteiger charge is -2.29. The minimum absolute atomic E-state index is 0.106. The molecule has 0 amide bonds. The Labute approximate surface area is 215 Å². The molecule has 0 bridgehead atoms. The maximum absolute atomic E-state index is 5.89. The number of pyridine rings is 1. The van der Waals surface area contributed by atoms with Gasteiger partial charge in [0.2, 0.25) is 0 Å². The molecule has 1 fully saturated rings. The molecule has 2 aromatic carbocycles. The summed E-state index contributed by atoms with van der Waals surface area (Å²) in [4.78, 5) is 11.8. The van der Waals surface area contributed by atoms with Crippen LogP contribution in [0.5, 0.6) is 0 Å². The summed E-state index contributed by atoms with van der Waals surface area (Å²) in [6.45, 7) is 2.09. The van der Waals surface area contributed by atoms with Crippen molar-refractivity contribution in [2.45, 2.75) is 19.0 Å². The molecule has 0 aliphatic carbocycles. The predicted molar refractivity (Wildman–Crippen MR) is 146 cm³/mol. The number of thiocarbonyl (C=S) groups is 1. The van der Waals surface area contributed by atoms with Crippen LogP contribution in [0, 0.1) is 6.92 Å². The zero-order valence-corrected chi connectivity index (χ0v) is 21.4. The molecule has 1 aliphatic heterocycles. The fraction of sp³-hybridized carbons (Fsp3) is 0.115. The van der Waals surface area contributed by atoms with Gasteiger partial charge in [-0.1, -0.05) is 45.5 Å². The molecule has 1 N–H and O–H groups in total. The SMILES string of the molecule is Cc1cc(N2C(=S)N[C@H](c3ccccn3)[C@@H]2c2cccn2-c2nc3ccccc3s2)ccc1Br. The van der Waals surface area contributed by atoms with Crippen molar-refractivity contribution in [2.24, 2.45) is 0 Å². The summed E-state index contributed by atoms with van der Waals surface area (Å²) in [5.74, 6) is 0. The molecule has 8 heteroatoms. The van der Waals surface area contributed by atoms with Gasteiger partial charge < -0.3 is 10.2 Å². The zero-order chi connectivity index (χ0) is 23.2. The first-order valence-electron chi connectivity index (χ1n) is 10.9. The first-order valence-corrected chi connectivity index (χ1v) is 12.9. The fourth-order valence-corrected chi connectivity index (χ4v) is 6.05. The third kappa shape index (κ3) is 3.62. The van der Waals surface area contributed by atoms with Gasteiger partial charge >= 0.3 is 0 Å². The molecular formula is C26H20BrN5S2. The second-order valence-electron chi connectivity index (χ2n) is 8.20. The smallest absolute Gasteiger partial charge is 0.194 e. The summed E-state index contributed by atoms with van der Waals surface area (Å²) >= 11 is 11.2. The lowest BCUT2D eigenvalue weighted by molar-refractivity contribution is 0.549. The maximum Gasteiger partial charge on any atom is 0.194 e. The molecule has 1 saturated heterocycles. The number of para-hydroxylation sites is 1. The van der Waals surface area contributed by atoms with Crippen LogP contribution in [0.25, 0.3) is 15.3 Å². The van der Waals surface area contributed by atoms with Crippen molar-refractivity contribution >= 4 is 60.5 Å². The van der Waals surface area contributed by atoms with E-state index in [1.807, 2.05) is 24.4 Å². The lowest BCUT2D eigenvalue weighted by atomic mass is 10.0. The number of aryl methyl sites for hydroxylation is 1. The fourth-order valence-electron chi connectivity index (χ4n) is 4.48. The van der Waals surface area contributed by atoms with Crippen LogP contribution >= 0.6 is 39.5 Å². The van der Waals surface area contributed by atoms with E-state index in [-0.39, 0.29) is 12.1 Å². The molecule has 5 aromatic rings. The number of hydrogen-bond acceptors (Lipinski definition) is 4. The third-order valence-corrected chi connectivity index (χ3v) is 8.33. The van der Waals surface area contributed by atoms with Crippen molar-refractivity contribution in [3.8, 4) is 5.13 Å². The topological polar surface area (TPSA) is 46.0 Å².